The summed E-state index contributed by atoms with van der Waals surface area (Å²) < 4.78 is 13.2. The van der Waals surface area contributed by atoms with Crippen molar-refractivity contribution in [3.8, 4) is 0 Å². The zero-order valence-corrected chi connectivity index (χ0v) is 17.7. The number of ether oxygens (including phenoxy) is 2. The molecule has 1 heterocycles. The van der Waals surface area contributed by atoms with Crippen molar-refractivity contribution in [2.24, 2.45) is 7.05 Å². The number of allylic oxidation sites excluding steroid dienone is 7. The molecule has 0 bridgehead atoms. The molecule has 2 rings (SSSR count). The average Bonchev–Trinajstić information content (AvgIpc) is 2.91. The highest BCUT2D eigenvalue weighted by molar-refractivity contribution is 6.03. The minimum Gasteiger partial charge on any atom is -0.498 e. The van der Waals surface area contributed by atoms with E-state index in [4.69, 9.17) is 9.47 Å². The van der Waals surface area contributed by atoms with Crippen LogP contribution in [0.3, 0.4) is 0 Å². The van der Waals surface area contributed by atoms with Gasteiger partial charge in [-0.2, -0.15) is 5.10 Å². The van der Waals surface area contributed by atoms with Crippen molar-refractivity contribution >= 4 is 11.7 Å². The molecule has 0 radical (unpaired) electrons. The maximum atomic E-state index is 12.5. The molecule has 156 valence electrons. The van der Waals surface area contributed by atoms with Gasteiger partial charge in [-0.1, -0.05) is 18.2 Å². The molecule has 6 heteroatoms. The van der Waals surface area contributed by atoms with Crippen molar-refractivity contribution < 1.29 is 14.3 Å². The molecule has 1 N–H and O–H groups in total. The van der Waals surface area contributed by atoms with Gasteiger partial charge in [0.05, 0.1) is 12.4 Å². The van der Waals surface area contributed by atoms with E-state index in [1.165, 1.54) is 0 Å². The molecule has 0 spiro atoms. The van der Waals surface area contributed by atoms with Crippen LogP contribution in [0.4, 0.5) is 5.82 Å². The topological polar surface area (TPSA) is 65.4 Å². The van der Waals surface area contributed by atoms with Gasteiger partial charge in [0.15, 0.2) is 5.82 Å². The lowest BCUT2D eigenvalue weighted by Crippen LogP contribution is -2.14. The summed E-state index contributed by atoms with van der Waals surface area (Å²) in [6.07, 6.45) is 18.5. The third kappa shape index (κ3) is 8.25. The molecule has 0 unspecified atom stereocenters. The Morgan fingerprint density at radius 3 is 2.93 bits per heavy atom. The summed E-state index contributed by atoms with van der Waals surface area (Å²) >= 11 is 0. The van der Waals surface area contributed by atoms with Crippen molar-refractivity contribution in [2.45, 2.75) is 52.6 Å². The Bertz CT molecular complexity index is 826. The normalized spacial score (nSPS) is 15.4. The van der Waals surface area contributed by atoms with Crippen LogP contribution in [0, 0.1) is 0 Å². The lowest BCUT2D eigenvalue weighted by atomic mass is 10.1. The van der Waals surface area contributed by atoms with E-state index in [9.17, 15) is 4.79 Å². The van der Waals surface area contributed by atoms with Crippen LogP contribution in [-0.4, -0.2) is 21.8 Å². The number of amides is 1. The molecule has 0 atom stereocenters. The van der Waals surface area contributed by atoms with Crippen LogP contribution in [0.1, 0.15) is 46.5 Å². The first-order chi connectivity index (χ1) is 14.0. The first-order valence-electron chi connectivity index (χ1n) is 10.00. The number of nitrogens with one attached hydrogen (secondary N) is 1. The van der Waals surface area contributed by atoms with E-state index in [0.29, 0.717) is 23.6 Å². The van der Waals surface area contributed by atoms with Gasteiger partial charge in [0, 0.05) is 37.4 Å². The Hall–Kier alpha value is -3.02. The number of anilines is 1. The van der Waals surface area contributed by atoms with E-state index in [1.807, 2.05) is 46.0 Å². The number of aromatic nitrogens is 2. The van der Waals surface area contributed by atoms with Crippen LogP contribution in [-0.2, 0) is 21.3 Å². The Labute approximate surface area is 173 Å². The quantitative estimate of drug-likeness (QED) is 0.355. The highest BCUT2D eigenvalue weighted by atomic mass is 16.5. The summed E-state index contributed by atoms with van der Waals surface area (Å²) in [4.78, 5) is 12.5. The molecule has 6 nitrogen and oxygen atoms in total. The van der Waals surface area contributed by atoms with Gasteiger partial charge in [-0.15, -0.1) is 0 Å². The van der Waals surface area contributed by atoms with Crippen molar-refractivity contribution in [1.29, 1.82) is 0 Å². The smallest absolute Gasteiger partial charge is 0.252 e. The number of hydrogen-bond donors (Lipinski definition) is 1. The first kappa shape index (κ1) is 22.3. The molecule has 1 amide bonds. The van der Waals surface area contributed by atoms with Gasteiger partial charge in [-0.25, -0.2) is 0 Å². The van der Waals surface area contributed by atoms with Crippen molar-refractivity contribution in [1.82, 2.24) is 9.78 Å². The van der Waals surface area contributed by atoms with E-state index in [-0.39, 0.29) is 12.0 Å². The molecule has 0 aliphatic heterocycles. The van der Waals surface area contributed by atoms with Crippen molar-refractivity contribution in [2.75, 3.05) is 5.32 Å². The number of rotatable bonds is 9. The monoisotopic (exact) mass is 397 g/mol. The second kappa shape index (κ2) is 11.7. The lowest BCUT2D eigenvalue weighted by Gasteiger charge is -2.11. The number of carbonyl (C=O) groups excluding carboxylic acids is 1. The summed E-state index contributed by atoms with van der Waals surface area (Å²) in [7, 11) is 1.81. The van der Waals surface area contributed by atoms with E-state index in [2.05, 4.69) is 16.5 Å². The number of carbonyl (C=O) groups is 1. The van der Waals surface area contributed by atoms with Crippen LogP contribution in [0.25, 0.3) is 0 Å². The van der Waals surface area contributed by atoms with Gasteiger partial charge in [0.25, 0.3) is 5.91 Å². The molecule has 1 aliphatic carbocycles. The summed E-state index contributed by atoms with van der Waals surface area (Å²) in [6.45, 7) is 5.78. The predicted molar refractivity (Wildman–Crippen MR) is 116 cm³/mol. The van der Waals surface area contributed by atoms with E-state index in [0.717, 1.165) is 25.0 Å². The number of hydrogen-bond acceptors (Lipinski definition) is 4. The molecule has 29 heavy (non-hydrogen) atoms. The lowest BCUT2D eigenvalue weighted by molar-refractivity contribution is -0.112. The van der Waals surface area contributed by atoms with E-state index in [1.54, 1.807) is 35.4 Å². The van der Waals surface area contributed by atoms with Gasteiger partial charge >= 0.3 is 0 Å². The minimum atomic E-state index is -0.180. The van der Waals surface area contributed by atoms with E-state index >= 15 is 0 Å². The van der Waals surface area contributed by atoms with Gasteiger partial charge in [-0.3, -0.25) is 9.48 Å². The van der Waals surface area contributed by atoms with Crippen molar-refractivity contribution in [3.63, 3.8) is 0 Å². The summed E-state index contributed by atoms with van der Waals surface area (Å²) in [6, 6.07) is 1.76. The fourth-order valence-electron chi connectivity index (χ4n) is 2.62. The van der Waals surface area contributed by atoms with Crippen LogP contribution in [0.15, 0.2) is 72.1 Å². The van der Waals surface area contributed by atoms with Crippen LogP contribution >= 0.6 is 0 Å². The average molecular weight is 398 g/mol. The largest absolute Gasteiger partial charge is 0.498 e. The van der Waals surface area contributed by atoms with Crippen LogP contribution in [0.5, 0.6) is 0 Å². The molecule has 0 saturated heterocycles. The summed E-state index contributed by atoms with van der Waals surface area (Å²) in [5, 5.41) is 6.99. The Kier molecular flexibility index (Phi) is 9.02. The van der Waals surface area contributed by atoms with Crippen molar-refractivity contribution in [3.05, 3.63) is 72.1 Å². The van der Waals surface area contributed by atoms with Crippen LogP contribution in [0.2, 0.25) is 0 Å². The highest BCUT2D eigenvalue weighted by Crippen LogP contribution is 2.19. The first-order valence-corrected chi connectivity index (χ1v) is 10.00. The zero-order chi connectivity index (χ0) is 21.1. The molecule has 0 fully saturated rings. The molecular weight excluding hydrogens is 366 g/mol. The molecule has 0 aromatic carbocycles. The third-order valence-electron chi connectivity index (χ3n) is 4.16. The minimum absolute atomic E-state index is 0.0859. The van der Waals surface area contributed by atoms with Gasteiger partial charge in [-0.05, 0) is 52.2 Å². The van der Waals surface area contributed by atoms with Gasteiger partial charge in [0.1, 0.15) is 11.5 Å². The predicted octanol–water partition coefficient (Wildman–Crippen LogP) is 5.16. The fourth-order valence-corrected chi connectivity index (χ4v) is 2.62. The van der Waals surface area contributed by atoms with Gasteiger partial charge < -0.3 is 14.8 Å². The second-order valence-electron chi connectivity index (χ2n) is 7.00. The summed E-state index contributed by atoms with van der Waals surface area (Å²) in [5.41, 5.74) is 0.629. The fraction of sp³-hybridized carbons (Fsp3) is 0.391. The number of aryl methyl sites for hydroxylation is 1. The zero-order valence-electron chi connectivity index (χ0n) is 17.7. The van der Waals surface area contributed by atoms with Gasteiger partial charge in [0.2, 0.25) is 0 Å². The molecule has 1 aromatic rings. The highest BCUT2D eigenvalue weighted by Gasteiger charge is 2.11. The maximum absolute atomic E-state index is 12.5. The molecule has 0 saturated carbocycles. The Balaban J connectivity index is 2.08. The SMILES string of the molecule is C/C=C(\CC=C(/C=C/OC(C)C)OC1=CC=CCCC1)C(=O)Nc1ccn(C)n1. The third-order valence-corrected chi connectivity index (χ3v) is 4.16. The molecule has 1 aliphatic rings. The Morgan fingerprint density at radius 1 is 1.41 bits per heavy atom. The standard InChI is InChI=1S/C23H31N3O3/c1-5-19(23(27)24-22-14-16-26(4)25-22)12-13-21(15-17-28-18(2)3)29-20-10-8-6-7-9-11-20/h5-6,8,10,13-18H,7,9,11-12H2,1-4H3,(H,24,25,27)/b17-15+,19-5+,21-13?. The summed E-state index contributed by atoms with van der Waals surface area (Å²) in [5.74, 6) is 1.90. The molecular formula is C23H31N3O3. The van der Waals surface area contributed by atoms with E-state index < -0.39 is 0 Å². The Morgan fingerprint density at radius 2 is 2.24 bits per heavy atom. The molecule has 1 aromatic heterocycles. The maximum Gasteiger partial charge on any atom is 0.252 e. The van der Waals surface area contributed by atoms with Crippen LogP contribution < -0.4 is 5.32 Å². The number of nitrogens with zero attached hydrogens (tertiary/aromatic N) is 2. The second-order valence-corrected chi connectivity index (χ2v) is 7.00.